The van der Waals surface area contributed by atoms with E-state index in [0.29, 0.717) is 12.0 Å². The number of benzene rings is 2. The van der Waals surface area contributed by atoms with Crippen molar-refractivity contribution in [2.24, 2.45) is 0 Å². The summed E-state index contributed by atoms with van der Waals surface area (Å²) >= 11 is 0. The lowest BCUT2D eigenvalue weighted by atomic mass is 9.87. The van der Waals surface area contributed by atoms with Crippen LogP contribution in [0.4, 0.5) is 4.79 Å². The molecule has 8 nitrogen and oxygen atoms in total. The molecular formula is C25H31N5O3. The Hall–Kier alpha value is -3.23. The molecule has 2 fully saturated rings. The molecule has 174 valence electrons. The number of amides is 4. The van der Waals surface area contributed by atoms with Gasteiger partial charge in [-0.2, -0.15) is 5.01 Å². The molecule has 0 bridgehead atoms. The van der Waals surface area contributed by atoms with Crippen molar-refractivity contribution in [1.29, 1.82) is 0 Å². The lowest BCUT2D eigenvalue weighted by molar-refractivity contribution is -0.140. The molecule has 8 heteroatoms. The summed E-state index contributed by atoms with van der Waals surface area (Å²) in [6.07, 6.45) is 0.386. The third kappa shape index (κ3) is 4.91. The van der Waals surface area contributed by atoms with Crippen molar-refractivity contribution in [2.45, 2.75) is 32.4 Å². The molecule has 2 aliphatic heterocycles. The standard InChI is InChI=1S/C25H31N5O3/c1-3-25(21-10-5-4-6-11-21)23(32)30(24(33)26-25)27-22(31)18-29-14-12-28(13-15-29)17-20-9-7-8-19(2)16-20/h4-11,16H,3,12-15,17-18H2,1-2H3,(H,26,33)(H,27,31). The summed E-state index contributed by atoms with van der Waals surface area (Å²) in [5.41, 5.74) is 4.60. The molecule has 4 amide bonds. The van der Waals surface area contributed by atoms with Gasteiger partial charge in [0.25, 0.3) is 11.8 Å². The first kappa shape index (κ1) is 22.9. The number of imide groups is 1. The van der Waals surface area contributed by atoms with Crippen LogP contribution >= 0.6 is 0 Å². The van der Waals surface area contributed by atoms with Gasteiger partial charge < -0.3 is 5.32 Å². The maximum atomic E-state index is 13.1. The molecule has 2 aromatic rings. The topological polar surface area (TPSA) is 85.0 Å². The number of nitrogens with zero attached hydrogens (tertiary/aromatic N) is 3. The average molecular weight is 450 g/mol. The number of hydrogen-bond acceptors (Lipinski definition) is 5. The number of urea groups is 1. The Morgan fingerprint density at radius 2 is 1.70 bits per heavy atom. The number of carbonyl (C=O) groups excluding carboxylic acids is 3. The summed E-state index contributed by atoms with van der Waals surface area (Å²) in [6, 6.07) is 17.0. The number of nitrogens with one attached hydrogen (secondary N) is 2. The fraction of sp³-hybridized carbons (Fsp3) is 0.400. The monoisotopic (exact) mass is 449 g/mol. The first-order chi connectivity index (χ1) is 15.9. The second-order valence-corrected chi connectivity index (χ2v) is 8.77. The highest BCUT2D eigenvalue weighted by Crippen LogP contribution is 2.31. The maximum Gasteiger partial charge on any atom is 0.344 e. The first-order valence-electron chi connectivity index (χ1n) is 11.4. The van der Waals surface area contributed by atoms with Gasteiger partial charge in [0.15, 0.2) is 0 Å². The predicted octanol–water partition coefficient (Wildman–Crippen LogP) is 2.00. The molecule has 2 saturated heterocycles. The largest absolute Gasteiger partial charge is 0.344 e. The van der Waals surface area contributed by atoms with E-state index in [-0.39, 0.29) is 12.5 Å². The Morgan fingerprint density at radius 3 is 2.36 bits per heavy atom. The smallest absolute Gasteiger partial charge is 0.318 e. The van der Waals surface area contributed by atoms with Crippen LogP contribution in [0, 0.1) is 6.92 Å². The van der Waals surface area contributed by atoms with Crippen LogP contribution in [-0.2, 0) is 21.7 Å². The second-order valence-electron chi connectivity index (χ2n) is 8.77. The summed E-state index contributed by atoms with van der Waals surface area (Å²) in [4.78, 5) is 42.8. The van der Waals surface area contributed by atoms with Crippen LogP contribution in [0.25, 0.3) is 0 Å². The van der Waals surface area contributed by atoms with Gasteiger partial charge in [-0.25, -0.2) is 4.79 Å². The Balaban J connectivity index is 1.30. The summed E-state index contributed by atoms with van der Waals surface area (Å²) in [6.45, 7) is 8.18. The van der Waals surface area contributed by atoms with Crippen molar-refractivity contribution >= 4 is 17.8 Å². The molecular weight excluding hydrogens is 418 g/mol. The molecule has 2 aliphatic rings. The predicted molar refractivity (Wildman–Crippen MR) is 125 cm³/mol. The molecule has 1 atom stereocenters. The van der Waals surface area contributed by atoms with Crippen molar-refractivity contribution in [3.63, 3.8) is 0 Å². The molecule has 0 aliphatic carbocycles. The lowest BCUT2D eigenvalue weighted by Crippen LogP contribution is -2.53. The fourth-order valence-electron chi connectivity index (χ4n) is 4.58. The van der Waals surface area contributed by atoms with E-state index < -0.39 is 17.5 Å². The van der Waals surface area contributed by atoms with Crippen LogP contribution in [0.2, 0.25) is 0 Å². The van der Waals surface area contributed by atoms with Gasteiger partial charge in [0.2, 0.25) is 0 Å². The Morgan fingerprint density at radius 1 is 1.00 bits per heavy atom. The number of carbonyl (C=O) groups is 3. The van der Waals surface area contributed by atoms with Gasteiger partial charge in [-0.1, -0.05) is 67.1 Å². The zero-order chi connectivity index (χ0) is 23.4. The Bertz CT molecular complexity index is 1020. The molecule has 0 aromatic heterocycles. The minimum atomic E-state index is -1.16. The minimum Gasteiger partial charge on any atom is -0.318 e. The first-order valence-corrected chi connectivity index (χ1v) is 11.4. The zero-order valence-corrected chi connectivity index (χ0v) is 19.2. The van der Waals surface area contributed by atoms with Crippen LogP contribution in [0.3, 0.4) is 0 Å². The van der Waals surface area contributed by atoms with Crippen molar-refractivity contribution in [3.05, 3.63) is 71.3 Å². The van der Waals surface area contributed by atoms with Gasteiger partial charge in [-0.15, -0.1) is 0 Å². The van der Waals surface area contributed by atoms with Gasteiger partial charge >= 0.3 is 6.03 Å². The van der Waals surface area contributed by atoms with E-state index in [4.69, 9.17) is 0 Å². The normalized spacial score (nSPS) is 21.8. The van der Waals surface area contributed by atoms with Crippen molar-refractivity contribution in [3.8, 4) is 0 Å². The number of hydrogen-bond donors (Lipinski definition) is 2. The van der Waals surface area contributed by atoms with Crippen LogP contribution < -0.4 is 10.7 Å². The summed E-state index contributed by atoms with van der Waals surface area (Å²) in [5, 5.41) is 3.60. The summed E-state index contributed by atoms with van der Waals surface area (Å²) < 4.78 is 0. The van der Waals surface area contributed by atoms with E-state index >= 15 is 0 Å². The Labute approximate surface area is 194 Å². The van der Waals surface area contributed by atoms with Crippen LogP contribution in [0.1, 0.15) is 30.0 Å². The molecule has 2 N–H and O–H groups in total. The van der Waals surface area contributed by atoms with Crippen LogP contribution in [0.5, 0.6) is 0 Å². The molecule has 1 unspecified atom stereocenters. The quantitative estimate of drug-likeness (QED) is 0.632. The highest BCUT2D eigenvalue weighted by Gasteiger charge is 2.52. The number of hydrazine groups is 1. The highest BCUT2D eigenvalue weighted by atomic mass is 16.2. The maximum absolute atomic E-state index is 13.1. The summed E-state index contributed by atoms with van der Waals surface area (Å²) in [5.74, 6) is -0.830. The number of aryl methyl sites for hydroxylation is 1. The van der Waals surface area contributed by atoms with Crippen molar-refractivity contribution in [1.82, 2.24) is 25.6 Å². The molecule has 0 saturated carbocycles. The molecule has 0 spiro atoms. The third-order valence-corrected chi connectivity index (χ3v) is 6.45. The number of piperazine rings is 1. The summed E-state index contributed by atoms with van der Waals surface area (Å²) in [7, 11) is 0. The van der Waals surface area contributed by atoms with E-state index in [2.05, 4.69) is 46.8 Å². The van der Waals surface area contributed by atoms with Gasteiger partial charge in [-0.3, -0.25) is 24.8 Å². The third-order valence-electron chi connectivity index (χ3n) is 6.45. The van der Waals surface area contributed by atoms with Gasteiger partial charge in [0.1, 0.15) is 5.54 Å². The van der Waals surface area contributed by atoms with E-state index in [1.807, 2.05) is 42.2 Å². The van der Waals surface area contributed by atoms with Gasteiger partial charge in [0, 0.05) is 32.7 Å². The second kappa shape index (κ2) is 9.72. The fourth-order valence-corrected chi connectivity index (χ4v) is 4.58. The molecule has 2 aromatic carbocycles. The van der Waals surface area contributed by atoms with E-state index in [1.165, 1.54) is 11.1 Å². The molecule has 33 heavy (non-hydrogen) atoms. The number of rotatable bonds is 7. The van der Waals surface area contributed by atoms with Gasteiger partial charge in [-0.05, 0) is 24.5 Å². The minimum absolute atomic E-state index is 0.139. The molecule has 2 heterocycles. The van der Waals surface area contributed by atoms with E-state index in [9.17, 15) is 14.4 Å². The average Bonchev–Trinajstić information content (AvgIpc) is 3.06. The van der Waals surface area contributed by atoms with Crippen LogP contribution in [0.15, 0.2) is 54.6 Å². The van der Waals surface area contributed by atoms with E-state index in [1.54, 1.807) is 0 Å². The van der Waals surface area contributed by atoms with Crippen LogP contribution in [-0.4, -0.2) is 65.4 Å². The lowest BCUT2D eigenvalue weighted by Gasteiger charge is -2.34. The SMILES string of the molecule is CCC1(c2ccccc2)NC(=O)N(NC(=O)CN2CCN(Cc3cccc(C)c3)CC2)C1=O. The molecule has 0 radical (unpaired) electrons. The highest BCUT2D eigenvalue weighted by molar-refractivity contribution is 6.08. The Kier molecular flexibility index (Phi) is 6.76. The zero-order valence-electron chi connectivity index (χ0n) is 19.2. The van der Waals surface area contributed by atoms with Crippen molar-refractivity contribution < 1.29 is 14.4 Å². The van der Waals surface area contributed by atoms with E-state index in [0.717, 1.165) is 37.7 Å². The van der Waals surface area contributed by atoms with Gasteiger partial charge in [0.05, 0.1) is 6.54 Å². The molecule has 4 rings (SSSR count). The van der Waals surface area contributed by atoms with Crippen molar-refractivity contribution in [2.75, 3.05) is 32.7 Å².